The zero-order valence-electron chi connectivity index (χ0n) is 9.72. The Hall–Kier alpha value is -1.77. The number of rotatable bonds is 3. The highest BCUT2D eigenvalue weighted by Crippen LogP contribution is 2.21. The fourth-order valence-electron chi connectivity index (χ4n) is 1.83. The average Bonchev–Trinajstić information content (AvgIpc) is 2.62. The van der Waals surface area contributed by atoms with Crippen LogP contribution in [-0.4, -0.2) is 9.55 Å². The molecule has 0 aliphatic carbocycles. The Morgan fingerprint density at radius 3 is 2.56 bits per heavy atom. The van der Waals surface area contributed by atoms with Gasteiger partial charge in [0.25, 0.3) is 0 Å². The monoisotopic (exact) mass is 215 g/mol. The minimum absolute atomic E-state index is 0.443. The number of hydrogen-bond acceptors (Lipinski definition) is 2. The molecule has 0 bridgehead atoms. The largest absolute Gasteiger partial charge is 0.384 e. The summed E-state index contributed by atoms with van der Waals surface area (Å²) in [6.07, 6.45) is 2.65. The van der Waals surface area contributed by atoms with Crippen molar-refractivity contribution in [2.24, 2.45) is 7.05 Å². The highest BCUT2D eigenvalue weighted by atomic mass is 15.1. The molecule has 0 amide bonds. The molecule has 2 N–H and O–H groups in total. The molecular weight excluding hydrogens is 198 g/mol. The van der Waals surface area contributed by atoms with Crippen LogP contribution in [0.4, 0.5) is 5.82 Å². The second-order valence-corrected chi connectivity index (χ2v) is 4.20. The third kappa shape index (κ3) is 2.08. The van der Waals surface area contributed by atoms with Gasteiger partial charge in [-0.2, -0.15) is 0 Å². The van der Waals surface area contributed by atoms with Gasteiger partial charge in [0, 0.05) is 7.05 Å². The van der Waals surface area contributed by atoms with Gasteiger partial charge in [0.05, 0.1) is 12.0 Å². The molecule has 3 nitrogen and oxygen atoms in total. The third-order valence-electron chi connectivity index (χ3n) is 2.93. The molecule has 0 radical (unpaired) electrons. The number of imidazole rings is 1. The zero-order valence-corrected chi connectivity index (χ0v) is 9.72. The van der Waals surface area contributed by atoms with E-state index in [4.69, 9.17) is 5.73 Å². The number of nitrogens with zero attached hydrogens (tertiary/aromatic N) is 2. The van der Waals surface area contributed by atoms with E-state index in [-0.39, 0.29) is 0 Å². The minimum Gasteiger partial charge on any atom is -0.384 e. The quantitative estimate of drug-likeness (QED) is 0.854. The summed E-state index contributed by atoms with van der Waals surface area (Å²) in [5, 5.41) is 0. The Balaban J connectivity index is 2.14. The molecule has 0 fully saturated rings. The van der Waals surface area contributed by atoms with Crippen LogP contribution in [0.15, 0.2) is 36.7 Å². The molecule has 16 heavy (non-hydrogen) atoms. The van der Waals surface area contributed by atoms with Gasteiger partial charge in [-0.25, -0.2) is 4.98 Å². The lowest BCUT2D eigenvalue weighted by Crippen LogP contribution is -2.03. The second kappa shape index (κ2) is 4.39. The predicted octanol–water partition coefficient (Wildman–Crippen LogP) is 2.35. The molecule has 84 valence electrons. The molecule has 0 spiro atoms. The maximum absolute atomic E-state index is 5.93. The van der Waals surface area contributed by atoms with E-state index in [9.17, 15) is 0 Å². The van der Waals surface area contributed by atoms with Crippen LogP contribution in [0.25, 0.3) is 0 Å². The van der Waals surface area contributed by atoms with Crippen LogP contribution in [0.5, 0.6) is 0 Å². The van der Waals surface area contributed by atoms with E-state index in [0.29, 0.717) is 5.92 Å². The molecule has 0 saturated carbocycles. The SMILES string of the molecule is CC(Cc1ncn(C)c1N)c1ccccc1. The van der Waals surface area contributed by atoms with E-state index in [1.54, 1.807) is 6.33 Å². The number of hydrogen-bond donors (Lipinski definition) is 1. The standard InChI is InChI=1S/C13H17N3/c1-10(11-6-4-3-5-7-11)8-12-13(14)16(2)9-15-12/h3-7,9-10H,8,14H2,1-2H3. The summed E-state index contributed by atoms with van der Waals surface area (Å²) in [5.74, 6) is 1.21. The number of nitrogens with two attached hydrogens (primary N) is 1. The molecule has 1 heterocycles. The highest BCUT2D eigenvalue weighted by molar-refractivity contribution is 5.37. The maximum atomic E-state index is 5.93. The van der Waals surface area contributed by atoms with Crippen LogP contribution in [0.2, 0.25) is 0 Å². The molecule has 3 heteroatoms. The summed E-state index contributed by atoms with van der Waals surface area (Å²) in [6, 6.07) is 10.4. The van der Waals surface area contributed by atoms with Gasteiger partial charge in [-0.05, 0) is 17.9 Å². The van der Waals surface area contributed by atoms with Crippen molar-refractivity contribution in [2.45, 2.75) is 19.3 Å². The van der Waals surface area contributed by atoms with Crippen LogP contribution in [0.1, 0.15) is 24.1 Å². The summed E-state index contributed by atoms with van der Waals surface area (Å²) < 4.78 is 1.85. The van der Waals surface area contributed by atoms with Crippen molar-refractivity contribution >= 4 is 5.82 Å². The van der Waals surface area contributed by atoms with E-state index in [1.807, 2.05) is 17.7 Å². The molecule has 0 aliphatic rings. The molecule has 1 aromatic heterocycles. The first-order valence-corrected chi connectivity index (χ1v) is 5.49. The average molecular weight is 215 g/mol. The summed E-state index contributed by atoms with van der Waals surface area (Å²) in [5.41, 5.74) is 8.24. The van der Waals surface area contributed by atoms with E-state index in [1.165, 1.54) is 5.56 Å². The van der Waals surface area contributed by atoms with Gasteiger partial charge in [-0.15, -0.1) is 0 Å². The van der Waals surface area contributed by atoms with Gasteiger partial charge in [-0.3, -0.25) is 0 Å². The minimum atomic E-state index is 0.443. The fraction of sp³-hybridized carbons (Fsp3) is 0.308. The summed E-state index contributed by atoms with van der Waals surface area (Å²) >= 11 is 0. The van der Waals surface area contributed by atoms with Crippen molar-refractivity contribution < 1.29 is 0 Å². The lowest BCUT2D eigenvalue weighted by Gasteiger charge is -2.10. The summed E-state index contributed by atoms with van der Waals surface area (Å²) in [6.45, 7) is 2.20. The van der Waals surface area contributed by atoms with Crippen LogP contribution < -0.4 is 5.73 Å². The number of anilines is 1. The topological polar surface area (TPSA) is 43.8 Å². The third-order valence-corrected chi connectivity index (χ3v) is 2.93. The highest BCUT2D eigenvalue weighted by Gasteiger charge is 2.11. The first-order valence-electron chi connectivity index (χ1n) is 5.49. The predicted molar refractivity (Wildman–Crippen MR) is 66.2 cm³/mol. The first-order chi connectivity index (χ1) is 7.68. The normalized spacial score (nSPS) is 12.6. The zero-order chi connectivity index (χ0) is 11.5. The van der Waals surface area contributed by atoms with Crippen molar-refractivity contribution in [3.05, 3.63) is 47.9 Å². The van der Waals surface area contributed by atoms with E-state index in [0.717, 1.165) is 17.9 Å². The Morgan fingerprint density at radius 1 is 1.31 bits per heavy atom. The van der Waals surface area contributed by atoms with Gasteiger partial charge in [0.2, 0.25) is 0 Å². The molecule has 0 aliphatic heterocycles. The lowest BCUT2D eigenvalue weighted by molar-refractivity contribution is 0.746. The van der Waals surface area contributed by atoms with Gasteiger partial charge in [0.1, 0.15) is 5.82 Å². The number of benzene rings is 1. The molecule has 1 atom stereocenters. The Morgan fingerprint density at radius 2 is 2.00 bits per heavy atom. The van der Waals surface area contributed by atoms with Crippen LogP contribution in [-0.2, 0) is 13.5 Å². The Kier molecular flexibility index (Phi) is 2.95. The summed E-state index contributed by atoms with van der Waals surface area (Å²) in [4.78, 5) is 4.32. The van der Waals surface area contributed by atoms with E-state index < -0.39 is 0 Å². The first kappa shape index (κ1) is 10.7. The van der Waals surface area contributed by atoms with E-state index >= 15 is 0 Å². The molecule has 0 saturated heterocycles. The van der Waals surface area contributed by atoms with Crippen LogP contribution >= 0.6 is 0 Å². The lowest BCUT2D eigenvalue weighted by atomic mass is 9.96. The van der Waals surface area contributed by atoms with Crippen molar-refractivity contribution in [3.63, 3.8) is 0 Å². The van der Waals surface area contributed by atoms with Gasteiger partial charge in [-0.1, -0.05) is 37.3 Å². The van der Waals surface area contributed by atoms with E-state index in [2.05, 4.69) is 36.2 Å². The molecular formula is C13H17N3. The fourth-order valence-corrected chi connectivity index (χ4v) is 1.83. The maximum Gasteiger partial charge on any atom is 0.126 e. The number of nitrogen functional groups attached to an aromatic ring is 1. The van der Waals surface area contributed by atoms with Crippen LogP contribution in [0, 0.1) is 0 Å². The van der Waals surface area contributed by atoms with Gasteiger partial charge in [0.15, 0.2) is 0 Å². The number of aromatic nitrogens is 2. The molecule has 1 aromatic carbocycles. The smallest absolute Gasteiger partial charge is 0.126 e. The van der Waals surface area contributed by atoms with Crippen molar-refractivity contribution in [3.8, 4) is 0 Å². The van der Waals surface area contributed by atoms with Crippen molar-refractivity contribution in [2.75, 3.05) is 5.73 Å². The van der Waals surface area contributed by atoms with Gasteiger partial charge < -0.3 is 10.3 Å². The molecule has 2 aromatic rings. The molecule has 2 rings (SSSR count). The Bertz CT molecular complexity index is 459. The summed E-state index contributed by atoms with van der Waals surface area (Å²) in [7, 11) is 1.92. The molecule has 1 unspecified atom stereocenters. The van der Waals surface area contributed by atoms with Gasteiger partial charge >= 0.3 is 0 Å². The number of aryl methyl sites for hydroxylation is 1. The van der Waals surface area contributed by atoms with Crippen LogP contribution in [0.3, 0.4) is 0 Å². The van der Waals surface area contributed by atoms with Crippen molar-refractivity contribution in [1.82, 2.24) is 9.55 Å². The van der Waals surface area contributed by atoms with Crippen molar-refractivity contribution in [1.29, 1.82) is 0 Å². The second-order valence-electron chi connectivity index (χ2n) is 4.20. The Labute approximate surface area is 95.9 Å².